The summed E-state index contributed by atoms with van der Waals surface area (Å²) in [7, 11) is 0. The van der Waals surface area contributed by atoms with Gasteiger partial charge in [0.15, 0.2) is 0 Å². The third kappa shape index (κ3) is 4.02. The van der Waals surface area contributed by atoms with Gasteiger partial charge in [-0.25, -0.2) is 5.43 Å². The van der Waals surface area contributed by atoms with Crippen LogP contribution in [0.5, 0.6) is 0 Å². The van der Waals surface area contributed by atoms with E-state index in [1.165, 1.54) is 0 Å². The van der Waals surface area contributed by atoms with Gasteiger partial charge in [0.2, 0.25) is 0 Å². The Morgan fingerprint density at radius 1 is 1.18 bits per heavy atom. The predicted molar refractivity (Wildman–Crippen MR) is 61.4 cm³/mol. The number of hydrazine groups is 1. The van der Waals surface area contributed by atoms with Crippen molar-refractivity contribution in [3.05, 3.63) is 35.4 Å². The van der Waals surface area contributed by atoms with E-state index in [1.54, 1.807) is 17.6 Å². The number of alkyl halides is 3. The zero-order chi connectivity index (χ0) is 13.1. The first kappa shape index (κ1) is 14.0. The molecule has 0 aliphatic rings. The first-order valence-electron chi connectivity index (χ1n) is 5.46. The van der Waals surface area contributed by atoms with Crippen LogP contribution in [0.2, 0.25) is 0 Å². The second-order valence-corrected chi connectivity index (χ2v) is 4.36. The first-order valence-corrected chi connectivity index (χ1v) is 5.46. The minimum atomic E-state index is -4.33. The van der Waals surface area contributed by atoms with E-state index in [2.05, 4.69) is 0 Å². The Morgan fingerprint density at radius 3 is 2.06 bits per heavy atom. The Kier molecular flexibility index (Phi) is 4.54. The summed E-state index contributed by atoms with van der Waals surface area (Å²) in [5.74, 6) is 5.29. The van der Waals surface area contributed by atoms with Crippen LogP contribution in [0.25, 0.3) is 0 Å². The van der Waals surface area contributed by atoms with Crippen LogP contribution in [0.4, 0.5) is 13.2 Å². The van der Waals surface area contributed by atoms with E-state index in [1.807, 2.05) is 26.0 Å². The van der Waals surface area contributed by atoms with E-state index in [0.717, 1.165) is 5.56 Å². The first-order chi connectivity index (χ1) is 7.84. The van der Waals surface area contributed by atoms with Crippen molar-refractivity contribution in [1.82, 2.24) is 5.43 Å². The maximum atomic E-state index is 12.5. The van der Waals surface area contributed by atoms with Crippen molar-refractivity contribution in [2.45, 2.75) is 38.4 Å². The summed E-state index contributed by atoms with van der Waals surface area (Å²) in [5.41, 5.74) is 3.53. The Balaban J connectivity index is 2.74. The molecular weight excluding hydrogens is 229 g/mol. The molecule has 0 aliphatic heterocycles. The summed E-state index contributed by atoms with van der Waals surface area (Å²) >= 11 is 0. The summed E-state index contributed by atoms with van der Waals surface area (Å²) in [6.45, 7) is 4.07. The van der Waals surface area contributed by atoms with Gasteiger partial charge in [-0.05, 0) is 23.5 Å². The lowest BCUT2D eigenvalue weighted by molar-refractivity contribution is -0.155. The van der Waals surface area contributed by atoms with Gasteiger partial charge < -0.3 is 0 Å². The zero-order valence-corrected chi connectivity index (χ0v) is 9.88. The molecule has 17 heavy (non-hydrogen) atoms. The van der Waals surface area contributed by atoms with Crippen LogP contribution < -0.4 is 11.3 Å². The molecule has 0 saturated carbocycles. The van der Waals surface area contributed by atoms with E-state index in [0.29, 0.717) is 11.5 Å². The Labute approximate surface area is 99.0 Å². The molecule has 1 atom stereocenters. The number of halogens is 3. The van der Waals surface area contributed by atoms with Crippen molar-refractivity contribution in [2.24, 2.45) is 5.84 Å². The molecular formula is C12H17F3N2. The summed E-state index contributed by atoms with van der Waals surface area (Å²) < 4.78 is 37.4. The quantitative estimate of drug-likeness (QED) is 0.633. The molecule has 1 aromatic rings. The molecule has 0 aromatic heterocycles. The number of rotatable bonds is 4. The summed E-state index contributed by atoms with van der Waals surface area (Å²) in [6, 6.07) is 5.43. The van der Waals surface area contributed by atoms with Crippen molar-refractivity contribution in [1.29, 1.82) is 0 Å². The summed E-state index contributed by atoms with van der Waals surface area (Å²) in [5, 5.41) is 0. The van der Waals surface area contributed by atoms with Crippen molar-refractivity contribution < 1.29 is 13.2 Å². The molecule has 0 spiro atoms. The highest BCUT2D eigenvalue weighted by molar-refractivity contribution is 5.25. The molecule has 96 valence electrons. The molecule has 0 amide bonds. The number of nitrogens with two attached hydrogens (primary N) is 1. The van der Waals surface area contributed by atoms with Crippen molar-refractivity contribution in [3.8, 4) is 0 Å². The lowest BCUT2D eigenvalue weighted by atomic mass is 9.99. The zero-order valence-electron chi connectivity index (χ0n) is 9.88. The lowest BCUT2D eigenvalue weighted by Gasteiger charge is -2.19. The number of hydrogen-bond acceptors (Lipinski definition) is 2. The van der Waals surface area contributed by atoms with Crippen molar-refractivity contribution >= 4 is 0 Å². The Bertz CT molecular complexity index is 344. The molecule has 3 N–H and O–H groups in total. The van der Waals surface area contributed by atoms with Gasteiger partial charge in [0.05, 0.1) is 0 Å². The van der Waals surface area contributed by atoms with E-state index >= 15 is 0 Å². The van der Waals surface area contributed by atoms with E-state index < -0.39 is 12.2 Å². The van der Waals surface area contributed by atoms with Gasteiger partial charge in [0, 0.05) is 0 Å². The van der Waals surface area contributed by atoms with Crippen LogP contribution in [0.1, 0.15) is 30.9 Å². The molecule has 5 heteroatoms. The highest BCUT2D eigenvalue weighted by atomic mass is 19.4. The minimum Gasteiger partial charge on any atom is -0.271 e. The van der Waals surface area contributed by atoms with Crippen molar-refractivity contribution in [3.63, 3.8) is 0 Å². The third-order valence-electron chi connectivity index (χ3n) is 2.68. The highest BCUT2D eigenvalue weighted by Gasteiger charge is 2.38. The van der Waals surface area contributed by atoms with Gasteiger partial charge in [0.1, 0.15) is 6.04 Å². The number of nitrogens with one attached hydrogen (secondary N) is 1. The van der Waals surface area contributed by atoms with Gasteiger partial charge in [-0.1, -0.05) is 38.1 Å². The van der Waals surface area contributed by atoms with Crippen LogP contribution in [-0.4, -0.2) is 12.2 Å². The summed E-state index contributed by atoms with van der Waals surface area (Å²) in [6.07, 6.45) is -4.48. The van der Waals surface area contributed by atoms with Gasteiger partial charge in [-0.2, -0.15) is 13.2 Å². The lowest BCUT2D eigenvalue weighted by Crippen LogP contribution is -2.47. The Morgan fingerprint density at radius 2 is 1.71 bits per heavy atom. The van der Waals surface area contributed by atoms with Crippen LogP contribution in [0.15, 0.2) is 24.3 Å². The number of hydrogen-bond donors (Lipinski definition) is 2. The fourth-order valence-electron chi connectivity index (χ4n) is 1.54. The van der Waals surface area contributed by atoms with Gasteiger partial charge >= 0.3 is 6.18 Å². The van der Waals surface area contributed by atoms with Crippen LogP contribution in [0, 0.1) is 0 Å². The topological polar surface area (TPSA) is 38.0 Å². The molecule has 0 heterocycles. The van der Waals surface area contributed by atoms with Gasteiger partial charge in [-0.15, -0.1) is 0 Å². The molecule has 0 bridgehead atoms. The van der Waals surface area contributed by atoms with Crippen molar-refractivity contribution in [2.75, 3.05) is 0 Å². The normalized spacial score (nSPS) is 14.1. The molecule has 0 saturated heterocycles. The third-order valence-corrected chi connectivity index (χ3v) is 2.68. The molecule has 0 aliphatic carbocycles. The van der Waals surface area contributed by atoms with E-state index in [-0.39, 0.29) is 6.42 Å². The molecule has 0 fully saturated rings. The molecule has 1 aromatic carbocycles. The predicted octanol–water partition coefficient (Wildman–Crippen LogP) is 2.75. The Hall–Kier alpha value is -1.07. The van der Waals surface area contributed by atoms with Crippen LogP contribution in [-0.2, 0) is 6.42 Å². The fourth-order valence-corrected chi connectivity index (χ4v) is 1.54. The highest BCUT2D eigenvalue weighted by Crippen LogP contribution is 2.23. The maximum Gasteiger partial charge on any atom is 0.405 e. The second kappa shape index (κ2) is 5.51. The van der Waals surface area contributed by atoms with E-state index in [9.17, 15) is 13.2 Å². The second-order valence-electron chi connectivity index (χ2n) is 4.36. The smallest absolute Gasteiger partial charge is 0.271 e. The summed E-state index contributed by atoms with van der Waals surface area (Å²) in [4.78, 5) is 0. The largest absolute Gasteiger partial charge is 0.405 e. The average molecular weight is 246 g/mol. The SMILES string of the molecule is CC(C)c1ccc(CC(NN)C(F)(F)F)cc1. The molecule has 1 unspecified atom stereocenters. The molecule has 2 nitrogen and oxygen atoms in total. The van der Waals surface area contributed by atoms with Crippen LogP contribution >= 0.6 is 0 Å². The average Bonchev–Trinajstić information content (AvgIpc) is 2.24. The molecule has 0 radical (unpaired) electrons. The van der Waals surface area contributed by atoms with Gasteiger partial charge in [-0.3, -0.25) is 5.84 Å². The van der Waals surface area contributed by atoms with Crippen LogP contribution in [0.3, 0.4) is 0 Å². The molecule has 1 rings (SSSR count). The monoisotopic (exact) mass is 246 g/mol. The fraction of sp³-hybridized carbons (Fsp3) is 0.500. The number of benzene rings is 1. The maximum absolute atomic E-state index is 12.5. The minimum absolute atomic E-state index is 0.154. The van der Waals surface area contributed by atoms with E-state index in [4.69, 9.17) is 5.84 Å². The van der Waals surface area contributed by atoms with Gasteiger partial charge in [0.25, 0.3) is 0 Å². The standard InChI is InChI=1S/C12H17F3N2/c1-8(2)10-5-3-9(4-6-10)7-11(17-16)12(13,14)15/h3-6,8,11,17H,7,16H2,1-2H3.